The summed E-state index contributed by atoms with van der Waals surface area (Å²) < 4.78 is 1.55. The highest BCUT2D eigenvalue weighted by atomic mass is 16.3. The fourth-order valence-corrected chi connectivity index (χ4v) is 3.10. The van der Waals surface area contributed by atoms with Gasteiger partial charge in [0.1, 0.15) is 5.69 Å². The molecule has 0 aliphatic heterocycles. The van der Waals surface area contributed by atoms with Gasteiger partial charge in [-0.05, 0) is 34.7 Å². The number of rotatable bonds is 4. The molecule has 2 N–H and O–H groups in total. The third-order valence-electron chi connectivity index (χ3n) is 4.24. The monoisotopic (exact) mass is 307 g/mol. The van der Waals surface area contributed by atoms with Crippen molar-refractivity contribution < 1.29 is 10.2 Å². The Morgan fingerprint density at radius 2 is 1.91 bits per heavy atom. The number of aliphatic hydroxyl groups is 2. The van der Waals surface area contributed by atoms with Crippen LogP contribution in [0.4, 0.5) is 0 Å². The highest BCUT2D eigenvalue weighted by Crippen LogP contribution is 2.38. The average Bonchev–Trinajstić information content (AvgIpc) is 3.18. The first-order valence-corrected chi connectivity index (χ1v) is 7.65. The van der Waals surface area contributed by atoms with Crippen LogP contribution in [0.3, 0.4) is 0 Å². The van der Waals surface area contributed by atoms with Crippen LogP contribution >= 0.6 is 0 Å². The van der Waals surface area contributed by atoms with Crippen molar-refractivity contribution in [2.75, 3.05) is 6.61 Å². The Kier molecular flexibility index (Phi) is 3.44. The van der Waals surface area contributed by atoms with Crippen LogP contribution in [0.5, 0.6) is 0 Å². The Morgan fingerprint density at radius 3 is 2.78 bits per heavy atom. The van der Waals surface area contributed by atoms with E-state index in [-0.39, 0.29) is 13.2 Å². The van der Waals surface area contributed by atoms with Gasteiger partial charge in [0.05, 0.1) is 25.5 Å². The Morgan fingerprint density at radius 1 is 1.09 bits per heavy atom. The van der Waals surface area contributed by atoms with Crippen LogP contribution in [-0.2, 0) is 13.0 Å². The van der Waals surface area contributed by atoms with Gasteiger partial charge in [-0.3, -0.25) is 0 Å². The van der Waals surface area contributed by atoms with Gasteiger partial charge in [-0.15, -0.1) is 5.10 Å². The number of aliphatic hydroxyl groups excluding tert-OH is 2. The van der Waals surface area contributed by atoms with Gasteiger partial charge in [-0.1, -0.05) is 41.6 Å². The Balaban J connectivity index is 1.64. The molecule has 0 radical (unpaired) electrons. The molecule has 1 heterocycles. The van der Waals surface area contributed by atoms with Crippen molar-refractivity contribution in [2.45, 2.75) is 19.1 Å². The summed E-state index contributed by atoms with van der Waals surface area (Å²) >= 11 is 0. The van der Waals surface area contributed by atoms with Gasteiger partial charge < -0.3 is 10.2 Å². The quantitative estimate of drug-likeness (QED) is 0.604. The van der Waals surface area contributed by atoms with Crippen molar-refractivity contribution in [2.24, 2.45) is 0 Å². The highest BCUT2D eigenvalue weighted by Gasteiger charge is 2.18. The molecule has 2 aromatic carbocycles. The van der Waals surface area contributed by atoms with E-state index in [1.54, 1.807) is 10.9 Å². The molecular formula is C18H17N3O2. The maximum atomic E-state index is 9.48. The van der Waals surface area contributed by atoms with E-state index in [0.717, 1.165) is 17.7 Å². The molecule has 3 aromatic rings. The highest BCUT2D eigenvalue weighted by molar-refractivity contribution is 5.79. The lowest BCUT2D eigenvalue weighted by Gasteiger charge is -2.05. The maximum absolute atomic E-state index is 9.48. The molecular weight excluding hydrogens is 290 g/mol. The summed E-state index contributed by atoms with van der Waals surface area (Å²) in [6.45, 7) is -0.0494. The molecule has 0 amide bonds. The van der Waals surface area contributed by atoms with Crippen molar-refractivity contribution in [3.63, 3.8) is 0 Å². The fraction of sp³-hybridized carbons (Fsp3) is 0.222. The minimum Gasteiger partial charge on any atom is -0.394 e. The molecule has 0 fully saturated rings. The molecule has 116 valence electrons. The van der Waals surface area contributed by atoms with E-state index in [1.807, 2.05) is 0 Å². The van der Waals surface area contributed by atoms with Crippen molar-refractivity contribution in [3.8, 4) is 22.4 Å². The third-order valence-corrected chi connectivity index (χ3v) is 4.24. The van der Waals surface area contributed by atoms with Crippen molar-refractivity contribution >= 4 is 0 Å². The number of hydrogen-bond donors (Lipinski definition) is 2. The summed E-state index contributed by atoms with van der Waals surface area (Å²) in [6, 6.07) is 14.8. The van der Waals surface area contributed by atoms with Crippen LogP contribution in [0, 0.1) is 0 Å². The molecule has 0 bridgehead atoms. The fourth-order valence-electron chi connectivity index (χ4n) is 3.10. The summed E-state index contributed by atoms with van der Waals surface area (Å²) in [5, 5.41) is 26.6. The zero-order chi connectivity index (χ0) is 15.8. The molecule has 1 aromatic heterocycles. The zero-order valence-electron chi connectivity index (χ0n) is 12.6. The Labute approximate surface area is 133 Å². The van der Waals surface area contributed by atoms with Crippen LogP contribution in [0.2, 0.25) is 0 Å². The Bertz CT molecular complexity index is 857. The van der Waals surface area contributed by atoms with Crippen molar-refractivity contribution in [1.82, 2.24) is 15.0 Å². The standard InChI is InChI=1S/C18H17N3O2/c22-11-15(23)9-21-10-18(19-20-21)13-5-6-17-14(8-13)7-12-3-1-2-4-16(12)17/h1-6,8,10,15,22-23H,7,9,11H2/t15-/m0/s1. The van der Waals surface area contributed by atoms with E-state index in [0.29, 0.717) is 0 Å². The second-order valence-electron chi connectivity index (χ2n) is 5.87. The van der Waals surface area contributed by atoms with Crippen LogP contribution in [0.1, 0.15) is 11.1 Å². The predicted molar refractivity (Wildman–Crippen MR) is 86.8 cm³/mol. The van der Waals surface area contributed by atoms with E-state index in [4.69, 9.17) is 5.11 Å². The molecule has 1 aliphatic carbocycles. The number of fused-ring (bicyclic) bond motifs is 3. The molecule has 5 heteroatoms. The molecule has 23 heavy (non-hydrogen) atoms. The van der Waals surface area contributed by atoms with Gasteiger partial charge in [0.2, 0.25) is 0 Å². The summed E-state index contributed by atoms with van der Waals surface area (Å²) in [5.74, 6) is 0. The van der Waals surface area contributed by atoms with E-state index in [9.17, 15) is 5.11 Å². The van der Waals surface area contributed by atoms with Gasteiger partial charge >= 0.3 is 0 Å². The first-order chi connectivity index (χ1) is 11.2. The summed E-state index contributed by atoms with van der Waals surface area (Å²) in [7, 11) is 0. The lowest BCUT2D eigenvalue weighted by Crippen LogP contribution is -2.20. The summed E-state index contributed by atoms with van der Waals surface area (Å²) in [6.07, 6.45) is 1.92. The van der Waals surface area contributed by atoms with Crippen LogP contribution in [0.25, 0.3) is 22.4 Å². The van der Waals surface area contributed by atoms with E-state index < -0.39 is 6.10 Å². The first-order valence-electron chi connectivity index (χ1n) is 7.65. The molecule has 0 saturated heterocycles. The van der Waals surface area contributed by atoms with Crippen molar-refractivity contribution in [1.29, 1.82) is 0 Å². The van der Waals surface area contributed by atoms with E-state index >= 15 is 0 Å². The van der Waals surface area contributed by atoms with Crippen LogP contribution < -0.4 is 0 Å². The van der Waals surface area contributed by atoms with Gasteiger partial charge in [-0.2, -0.15) is 0 Å². The topological polar surface area (TPSA) is 71.2 Å². The Hall–Kier alpha value is -2.50. The molecule has 1 atom stereocenters. The van der Waals surface area contributed by atoms with Gasteiger partial charge in [-0.25, -0.2) is 4.68 Å². The molecule has 0 unspecified atom stereocenters. The minimum atomic E-state index is -0.820. The maximum Gasteiger partial charge on any atom is 0.113 e. The molecule has 0 saturated carbocycles. The number of aromatic nitrogens is 3. The van der Waals surface area contributed by atoms with E-state index in [2.05, 4.69) is 52.8 Å². The summed E-state index contributed by atoms with van der Waals surface area (Å²) in [4.78, 5) is 0. The number of nitrogens with zero attached hydrogens (tertiary/aromatic N) is 3. The molecule has 4 rings (SSSR count). The lowest BCUT2D eigenvalue weighted by molar-refractivity contribution is 0.0778. The van der Waals surface area contributed by atoms with Crippen LogP contribution in [-0.4, -0.2) is 37.9 Å². The average molecular weight is 307 g/mol. The van der Waals surface area contributed by atoms with Gasteiger partial charge in [0, 0.05) is 5.56 Å². The number of benzene rings is 2. The van der Waals surface area contributed by atoms with Crippen molar-refractivity contribution in [3.05, 3.63) is 59.8 Å². The zero-order valence-corrected chi connectivity index (χ0v) is 12.6. The van der Waals surface area contributed by atoms with Gasteiger partial charge in [0.15, 0.2) is 0 Å². The third kappa shape index (κ3) is 2.54. The first kappa shape index (κ1) is 14.1. The van der Waals surface area contributed by atoms with E-state index in [1.165, 1.54) is 22.3 Å². The van der Waals surface area contributed by atoms with Crippen LogP contribution in [0.15, 0.2) is 48.7 Å². The smallest absolute Gasteiger partial charge is 0.113 e. The molecule has 1 aliphatic rings. The second kappa shape index (κ2) is 5.61. The minimum absolute atomic E-state index is 0.236. The van der Waals surface area contributed by atoms with Gasteiger partial charge in [0.25, 0.3) is 0 Å². The largest absolute Gasteiger partial charge is 0.394 e. The normalized spacial score (nSPS) is 13.7. The lowest BCUT2D eigenvalue weighted by atomic mass is 10.0. The molecule has 0 spiro atoms. The predicted octanol–water partition coefficient (Wildman–Crippen LogP) is 1.87. The summed E-state index contributed by atoms with van der Waals surface area (Å²) in [5.41, 5.74) is 7.04. The second-order valence-corrected chi connectivity index (χ2v) is 5.87. The SMILES string of the molecule is OC[C@@H](O)Cn1cc(-c2ccc3c(c2)Cc2ccccc2-3)nn1. The molecule has 5 nitrogen and oxygen atoms in total. The number of hydrogen-bond acceptors (Lipinski definition) is 4.